The van der Waals surface area contributed by atoms with Crippen LogP contribution in [-0.4, -0.2) is 39.9 Å². The molecule has 0 saturated heterocycles. The van der Waals surface area contributed by atoms with Crippen LogP contribution in [0.1, 0.15) is 22.8 Å². The van der Waals surface area contributed by atoms with Crippen LogP contribution in [0.2, 0.25) is 0 Å². The second-order valence-electron chi connectivity index (χ2n) is 3.84. The fourth-order valence-electron chi connectivity index (χ4n) is 1.42. The summed E-state index contributed by atoms with van der Waals surface area (Å²) in [6.07, 6.45) is 0. The first-order valence-corrected chi connectivity index (χ1v) is 7.59. The Morgan fingerprint density at radius 2 is 2.25 bits per heavy atom. The zero-order valence-corrected chi connectivity index (χ0v) is 11.9. The molecule has 1 rings (SSSR count). The largest absolute Gasteiger partial charge is 0.384 e. The highest BCUT2D eigenvalue weighted by Crippen LogP contribution is 2.09. The van der Waals surface area contributed by atoms with Crippen molar-refractivity contribution < 1.29 is 18.5 Å². The Hall–Kier alpha value is -1.71. The monoisotopic (exact) mass is 297 g/mol. The van der Waals surface area contributed by atoms with E-state index in [-0.39, 0.29) is 24.3 Å². The van der Waals surface area contributed by atoms with E-state index < -0.39 is 22.5 Å². The number of aliphatic hydroxyl groups is 1. The van der Waals surface area contributed by atoms with Gasteiger partial charge in [-0.15, -0.1) is 0 Å². The average molecular weight is 297 g/mol. The zero-order valence-electron chi connectivity index (χ0n) is 11.1. The van der Waals surface area contributed by atoms with E-state index in [9.17, 15) is 13.4 Å². The Kier molecular flexibility index (Phi) is 6.91. The molecule has 2 N–H and O–H groups in total. The SMILES string of the molecule is CCS(=O)CCNC(=O)c1ccc(C#CCO)c(F)c1. The predicted octanol–water partition coefficient (Wildman–Crippen LogP) is 0.668. The van der Waals surface area contributed by atoms with Gasteiger partial charge in [-0.05, 0) is 18.2 Å². The van der Waals surface area contributed by atoms with Crippen LogP contribution in [-0.2, 0) is 10.8 Å². The van der Waals surface area contributed by atoms with Gasteiger partial charge in [0.05, 0.1) is 5.56 Å². The number of benzene rings is 1. The number of aliphatic hydroxyl groups excluding tert-OH is 1. The standard InChI is InChI=1S/C14H16FNO3S/c1-2-20(19)9-7-16-14(18)12-6-5-11(4-3-8-17)13(15)10-12/h5-6,10,17H,2,7-9H2,1H3,(H,16,18). The van der Waals surface area contributed by atoms with Crippen molar-refractivity contribution in [3.63, 3.8) is 0 Å². The van der Waals surface area contributed by atoms with Crippen molar-refractivity contribution in [2.24, 2.45) is 0 Å². The molecule has 4 nitrogen and oxygen atoms in total. The van der Waals surface area contributed by atoms with Crippen LogP contribution in [0.15, 0.2) is 18.2 Å². The molecule has 1 amide bonds. The molecule has 108 valence electrons. The van der Waals surface area contributed by atoms with Crippen molar-refractivity contribution in [2.45, 2.75) is 6.92 Å². The summed E-state index contributed by atoms with van der Waals surface area (Å²) >= 11 is 0. The summed E-state index contributed by atoms with van der Waals surface area (Å²) in [5.41, 5.74) is 0.307. The lowest BCUT2D eigenvalue weighted by Crippen LogP contribution is -2.28. The molecule has 0 aliphatic heterocycles. The Morgan fingerprint density at radius 3 is 2.85 bits per heavy atom. The Bertz CT molecular complexity index is 563. The lowest BCUT2D eigenvalue weighted by Gasteiger charge is -2.05. The van der Waals surface area contributed by atoms with Crippen molar-refractivity contribution in [3.8, 4) is 11.8 Å². The fraction of sp³-hybridized carbons (Fsp3) is 0.357. The molecule has 1 atom stereocenters. The maximum Gasteiger partial charge on any atom is 0.251 e. The molecule has 6 heteroatoms. The number of hydrogen-bond donors (Lipinski definition) is 2. The summed E-state index contributed by atoms with van der Waals surface area (Å²) in [5.74, 6) is 4.68. The molecule has 0 bridgehead atoms. The van der Waals surface area contributed by atoms with E-state index in [1.807, 2.05) is 0 Å². The topological polar surface area (TPSA) is 66.4 Å². The molecule has 1 aromatic carbocycles. The fourth-order valence-corrected chi connectivity index (χ4v) is 2.04. The van der Waals surface area contributed by atoms with Gasteiger partial charge in [0.25, 0.3) is 5.91 Å². The molecule has 0 fully saturated rings. The van der Waals surface area contributed by atoms with E-state index in [0.29, 0.717) is 11.5 Å². The van der Waals surface area contributed by atoms with Crippen LogP contribution in [0.25, 0.3) is 0 Å². The third-order valence-corrected chi connectivity index (χ3v) is 3.77. The second kappa shape index (κ2) is 8.46. The minimum absolute atomic E-state index is 0.127. The van der Waals surface area contributed by atoms with Crippen LogP contribution < -0.4 is 5.32 Å². The number of carbonyl (C=O) groups excluding carboxylic acids is 1. The quantitative estimate of drug-likeness (QED) is 0.785. The van der Waals surface area contributed by atoms with Gasteiger partial charge in [-0.2, -0.15) is 0 Å². The summed E-state index contributed by atoms with van der Waals surface area (Å²) in [5, 5.41) is 11.1. The third-order valence-electron chi connectivity index (χ3n) is 2.47. The molecule has 0 aliphatic rings. The number of hydrogen-bond acceptors (Lipinski definition) is 3. The van der Waals surface area contributed by atoms with Gasteiger partial charge < -0.3 is 10.4 Å². The Labute approximate surface area is 119 Å². The number of nitrogens with one attached hydrogen (secondary N) is 1. The molecule has 0 heterocycles. The summed E-state index contributed by atoms with van der Waals surface area (Å²) in [7, 11) is -0.942. The first-order chi connectivity index (χ1) is 9.58. The molecule has 0 spiro atoms. The minimum Gasteiger partial charge on any atom is -0.384 e. The van der Waals surface area contributed by atoms with Gasteiger partial charge in [0, 0.05) is 34.4 Å². The Morgan fingerprint density at radius 1 is 1.50 bits per heavy atom. The van der Waals surface area contributed by atoms with E-state index in [1.54, 1.807) is 6.92 Å². The molecular weight excluding hydrogens is 281 g/mol. The van der Waals surface area contributed by atoms with E-state index >= 15 is 0 Å². The van der Waals surface area contributed by atoms with E-state index in [4.69, 9.17) is 5.11 Å². The molecule has 0 radical (unpaired) electrons. The van der Waals surface area contributed by atoms with Gasteiger partial charge in [-0.1, -0.05) is 18.8 Å². The van der Waals surface area contributed by atoms with E-state index in [2.05, 4.69) is 17.2 Å². The molecule has 20 heavy (non-hydrogen) atoms. The van der Waals surface area contributed by atoms with Crippen molar-refractivity contribution in [1.29, 1.82) is 0 Å². The molecule has 1 aromatic rings. The first-order valence-electron chi connectivity index (χ1n) is 6.11. The molecule has 0 saturated carbocycles. The number of amides is 1. The van der Waals surface area contributed by atoms with Crippen LogP contribution in [0.4, 0.5) is 4.39 Å². The smallest absolute Gasteiger partial charge is 0.251 e. The van der Waals surface area contributed by atoms with Crippen LogP contribution in [0.3, 0.4) is 0 Å². The van der Waals surface area contributed by atoms with Gasteiger partial charge in [-0.25, -0.2) is 4.39 Å². The number of rotatable bonds is 5. The highest BCUT2D eigenvalue weighted by molar-refractivity contribution is 7.84. The van der Waals surface area contributed by atoms with Crippen LogP contribution >= 0.6 is 0 Å². The summed E-state index contributed by atoms with van der Waals surface area (Å²) < 4.78 is 24.8. The van der Waals surface area contributed by atoms with Crippen molar-refractivity contribution in [1.82, 2.24) is 5.32 Å². The highest BCUT2D eigenvalue weighted by atomic mass is 32.2. The predicted molar refractivity (Wildman–Crippen MR) is 76.2 cm³/mol. The third kappa shape index (κ3) is 5.11. The molecule has 0 aromatic heterocycles. The second-order valence-corrected chi connectivity index (χ2v) is 5.71. The number of carbonyl (C=O) groups is 1. The summed E-state index contributed by atoms with van der Waals surface area (Å²) in [6, 6.07) is 3.93. The van der Waals surface area contributed by atoms with Crippen LogP contribution in [0, 0.1) is 17.7 Å². The van der Waals surface area contributed by atoms with Gasteiger partial charge in [-0.3, -0.25) is 9.00 Å². The molecule has 1 unspecified atom stereocenters. The lowest BCUT2D eigenvalue weighted by atomic mass is 10.1. The van der Waals surface area contributed by atoms with Gasteiger partial charge >= 0.3 is 0 Å². The van der Waals surface area contributed by atoms with Crippen LogP contribution in [0.5, 0.6) is 0 Å². The van der Waals surface area contributed by atoms with E-state index in [0.717, 1.165) is 6.07 Å². The summed E-state index contributed by atoms with van der Waals surface area (Å²) in [6.45, 7) is 1.74. The maximum atomic E-state index is 13.6. The minimum atomic E-state index is -0.942. The van der Waals surface area contributed by atoms with Gasteiger partial charge in [0.1, 0.15) is 12.4 Å². The van der Waals surface area contributed by atoms with Gasteiger partial charge in [0.15, 0.2) is 0 Å². The average Bonchev–Trinajstić information content (AvgIpc) is 2.45. The number of halogens is 1. The highest BCUT2D eigenvalue weighted by Gasteiger charge is 2.08. The zero-order chi connectivity index (χ0) is 15.0. The van der Waals surface area contributed by atoms with Crippen molar-refractivity contribution in [3.05, 3.63) is 35.1 Å². The summed E-state index contributed by atoms with van der Waals surface area (Å²) in [4.78, 5) is 11.7. The van der Waals surface area contributed by atoms with E-state index in [1.165, 1.54) is 12.1 Å². The van der Waals surface area contributed by atoms with Gasteiger partial charge in [0.2, 0.25) is 0 Å². The maximum absolute atomic E-state index is 13.6. The van der Waals surface area contributed by atoms with Crippen molar-refractivity contribution >= 4 is 16.7 Å². The molecular formula is C14H16FNO3S. The Balaban J connectivity index is 2.65. The van der Waals surface area contributed by atoms with Crippen molar-refractivity contribution in [2.75, 3.05) is 24.7 Å². The molecule has 0 aliphatic carbocycles. The first kappa shape index (κ1) is 16.3. The normalized spacial score (nSPS) is 11.3. The lowest BCUT2D eigenvalue weighted by molar-refractivity contribution is 0.0955.